The van der Waals surface area contributed by atoms with Gasteiger partial charge in [-0.05, 0) is 17.3 Å². The van der Waals surface area contributed by atoms with Crippen LogP contribution in [0.5, 0.6) is 0 Å². The van der Waals surface area contributed by atoms with E-state index >= 15 is 0 Å². The van der Waals surface area contributed by atoms with Crippen LogP contribution in [-0.2, 0) is 9.09 Å². The number of phosphoric ester groups is 1. The van der Waals surface area contributed by atoms with E-state index < -0.39 is 7.82 Å². The summed E-state index contributed by atoms with van der Waals surface area (Å²) in [7, 11) is -4.27. The van der Waals surface area contributed by atoms with Crippen LogP contribution in [0, 0.1) is 0 Å². The van der Waals surface area contributed by atoms with Crippen LogP contribution in [0.3, 0.4) is 0 Å². The van der Waals surface area contributed by atoms with E-state index in [9.17, 15) is 4.57 Å². The molecule has 0 bridgehead atoms. The predicted molar refractivity (Wildman–Crippen MR) is 166 cm³/mol. The van der Waals surface area contributed by atoms with Crippen LogP contribution in [0.4, 0.5) is 0 Å². The van der Waals surface area contributed by atoms with Gasteiger partial charge in [0.25, 0.3) is 0 Å². The van der Waals surface area contributed by atoms with E-state index in [0.717, 1.165) is 19.3 Å². The summed E-state index contributed by atoms with van der Waals surface area (Å²) in [5.41, 5.74) is 0. The molecule has 0 rings (SSSR count). The van der Waals surface area contributed by atoms with Crippen molar-refractivity contribution in [2.45, 2.75) is 180 Å². The third kappa shape index (κ3) is 34.8. The van der Waals surface area contributed by atoms with Gasteiger partial charge in [-0.25, -0.2) is 4.57 Å². The molecule has 0 aliphatic rings. The van der Waals surface area contributed by atoms with Crippen molar-refractivity contribution in [3.8, 4) is 0 Å². The van der Waals surface area contributed by atoms with Crippen molar-refractivity contribution in [2.75, 3.05) is 11.0 Å². The molecule has 0 radical (unpaired) electrons. The van der Waals surface area contributed by atoms with Crippen molar-refractivity contribution in [1.29, 1.82) is 0 Å². The van der Waals surface area contributed by atoms with Gasteiger partial charge in [-0.15, -0.1) is 0 Å². The van der Waals surface area contributed by atoms with Crippen molar-refractivity contribution < 1.29 is 18.9 Å². The van der Waals surface area contributed by atoms with E-state index in [-0.39, 0.29) is 6.61 Å². The largest absolute Gasteiger partial charge is 0.469 e. The molecule has 0 aliphatic carbocycles. The molecule has 4 nitrogen and oxygen atoms in total. The molecular formula is C30H62IO4P. The second kappa shape index (κ2) is 30.4. The highest BCUT2D eigenvalue weighted by atomic mass is 127. The van der Waals surface area contributed by atoms with Gasteiger partial charge >= 0.3 is 7.82 Å². The molecule has 0 heterocycles. The Kier molecular flexibility index (Phi) is 31.1. The Morgan fingerprint density at radius 3 is 0.778 bits per heavy atom. The van der Waals surface area contributed by atoms with Gasteiger partial charge in [-0.3, -0.25) is 4.52 Å². The summed E-state index contributed by atoms with van der Waals surface area (Å²) in [4.78, 5) is 17.2. The Labute approximate surface area is 239 Å². The van der Waals surface area contributed by atoms with Crippen molar-refractivity contribution in [3.63, 3.8) is 0 Å². The first-order chi connectivity index (χ1) is 17.6. The zero-order valence-electron chi connectivity index (χ0n) is 23.7. The Hall–Kier alpha value is 0.840. The molecule has 36 heavy (non-hydrogen) atoms. The SMILES string of the molecule is O=P(O)(O)OCCCCCCCCCCCCCCCCCCCCCCCCCCCCCCI. The lowest BCUT2D eigenvalue weighted by Gasteiger charge is -2.05. The number of rotatable bonds is 31. The maximum Gasteiger partial charge on any atom is 0.469 e. The first-order valence-corrected chi connectivity index (χ1v) is 18.9. The van der Waals surface area contributed by atoms with Crippen molar-refractivity contribution >= 4 is 30.4 Å². The average Bonchev–Trinajstić information content (AvgIpc) is 2.84. The van der Waals surface area contributed by atoms with Gasteiger partial charge in [-0.2, -0.15) is 0 Å². The average molecular weight is 645 g/mol. The molecule has 2 N–H and O–H groups in total. The molecule has 0 spiro atoms. The van der Waals surface area contributed by atoms with E-state index in [0.29, 0.717) is 0 Å². The van der Waals surface area contributed by atoms with Crippen molar-refractivity contribution in [2.24, 2.45) is 0 Å². The minimum absolute atomic E-state index is 0.170. The fourth-order valence-corrected chi connectivity index (χ4v) is 5.88. The first-order valence-electron chi connectivity index (χ1n) is 15.8. The molecule has 0 unspecified atom stereocenters. The number of hydrogen-bond acceptors (Lipinski definition) is 2. The predicted octanol–water partition coefficient (Wildman–Crippen LogP) is 11.5. The van der Waals surface area contributed by atoms with Crippen molar-refractivity contribution in [1.82, 2.24) is 0 Å². The van der Waals surface area contributed by atoms with Gasteiger partial charge in [0.15, 0.2) is 0 Å². The first kappa shape index (κ1) is 36.8. The molecule has 0 amide bonds. The Balaban J connectivity index is 3.04. The van der Waals surface area contributed by atoms with Crippen LogP contribution in [-0.4, -0.2) is 20.8 Å². The summed E-state index contributed by atoms with van der Waals surface area (Å²) < 4.78 is 16.3. The topological polar surface area (TPSA) is 66.8 Å². The molecule has 0 saturated carbocycles. The summed E-state index contributed by atoms with van der Waals surface area (Å²) in [5.74, 6) is 0. The highest BCUT2D eigenvalue weighted by molar-refractivity contribution is 14.1. The quantitative estimate of drug-likeness (QED) is 0.0341. The number of hydrogen-bond donors (Lipinski definition) is 2. The fourth-order valence-electron chi connectivity index (χ4n) is 4.98. The molecule has 0 aliphatic heterocycles. The van der Waals surface area contributed by atoms with Crippen LogP contribution in [0.25, 0.3) is 0 Å². The second-order valence-electron chi connectivity index (χ2n) is 10.9. The molecular weight excluding hydrogens is 582 g/mol. The second-order valence-corrected chi connectivity index (χ2v) is 13.2. The molecule has 0 saturated heterocycles. The molecule has 0 fully saturated rings. The zero-order chi connectivity index (χ0) is 26.4. The number of unbranched alkanes of at least 4 members (excludes halogenated alkanes) is 27. The highest BCUT2D eigenvalue weighted by Gasteiger charge is 2.12. The molecule has 218 valence electrons. The third-order valence-corrected chi connectivity index (χ3v) is 8.57. The number of phosphoric acid groups is 1. The monoisotopic (exact) mass is 644 g/mol. The highest BCUT2D eigenvalue weighted by Crippen LogP contribution is 2.35. The van der Waals surface area contributed by atoms with Crippen molar-refractivity contribution in [3.05, 3.63) is 0 Å². The standard InChI is InChI=1S/C30H62IO4P/c31-29-27-25-23-21-19-17-15-13-11-9-7-5-3-1-2-4-6-8-10-12-14-16-18-20-22-24-26-28-30-35-36(32,33)34/h1-30H2,(H2,32,33,34). The molecule has 0 atom stereocenters. The van der Waals surface area contributed by atoms with Gasteiger partial charge in [0.2, 0.25) is 0 Å². The zero-order valence-corrected chi connectivity index (χ0v) is 26.8. The summed E-state index contributed by atoms with van der Waals surface area (Å²) >= 11 is 2.49. The Bertz CT molecular complexity index is 458. The Morgan fingerprint density at radius 1 is 0.389 bits per heavy atom. The van der Waals surface area contributed by atoms with Gasteiger partial charge in [0, 0.05) is 0 Å². The minimum Gasteiger partial charge on any atom is -0.303 e. The summed E-state index contributed by atoms with van der Waals surface area (Å²) in [6.07, 6.45) is 38.5. The van der Waals surface area contributed by atoms with E-state index in [1.54, 1.807) is 0 Å². The van der Waals surface area contributed by atoms with Gasteiger partial charge < -0.3 is 9.79 Å². The third-order valence-electron chi connectivity index (χ3n) is 7.29. The van der Waals surface area contributed by atoms with E-state index in [4.69, 9.17) is 9.79 Å². The molecule has 6 heteroatoms. The lowest BCUT2D eigenvalue weighted by molar-refractivity contribution is 0.193. The normalized spacial score (nSPS) is 12.0. The maximum atomic E-state index is 10.6. The minimum atomic E-state index is -4.27. The lowest BCUT2D eigenvalue weighted by atomic mass is 10.0. The van der Waals surface area contributed by atoms with Gasteiger partial charge in [-0.1, -0.05) is 190 Å². The van der Waals surface area contributed by atoms with E-state index in [1.807, 2.05) is 0 Å². The van der Waals surface area contributed by atoms with E-state index in [1.165, 1.54) is 165 Å². The maximum absolute atomic E-state index is 10.6. The summed E-state index contributed by atoms with van der Waals surface area (Å²) in [6.45, 7) is 0.170. The molecule has 0 aromatic heterocycles. The van der Waals surface area contributed by atoms with Gasteiger partial charge in [0.1, 0.15) is 0 Å². The molecule has 0 aromatic carbocycles. The van der Waals surface area contributed by atoms with Crippen LogP contribution in [0.15, 0.2) is 0 Å². The van der Waals surface area contributed by atoms with Crippen LogP contribution >= 0.6 is 30.4 Å². The molecule has 0 aromatic rings. The summed E-state index contributed by atoms with van der Waals surface area (Å²) in [6, 6.07) is 0. The number of halogens is 1. The number of alkyl halides is 1. The smallest absolute Gasteiger partial charge is 0.303 e. The summed E-state index contributed by atoms with van der Waals surface area (Å²) in [5, 5.41) is 0. The Morgan fingerprint density at radius 2 is 0.583 bits per heavy atom. The van der Waals surface area contributed by atoms with Crippen LogP contribution in [0.2, 0.25) is 0 Å². The fraction of sp³-hybridized carbons (Fsp3) is 1.00. The van der Waals surface area contributed by atoms with Crippen LogP contribution < -0.4 is 0 Å². The van der Waals surface area contributed by atoms with Gasteiger partial charge in [0.05, 0.1) is 6.61 Å². The lowest BCUT2D eigenvalue weighted by Crippen LogP contribution is -1.92. The van der Waals surface area contributed by atoms with Crippen LogP contribution in [0.1, 0.15) is 180 Å². The van der Waals surface area contributed by atoms with E-state index in [2.05, 4.69) is 27.1 Å².